The third kappa shape index (κ3) is 3.74. The molecule has 2 saturated carbocycles. The van der Waals surface area contributed by atoms with E-state index < -0.39 is 5.54 Å². The molecule has 23 heavy (non-hydrogen) atoms. The first-order valence-electron chi connectivity index (χ1n) is 9.56. The highest BCUT2D eigenvalue weighted by molar-refractivity contribution is 5.89. The molecule has 134 valence electrons. The van der Waals surface area contributed by atoms with Gasteiger partial charge in [0.25, 0.3) is 0 Å². The molecule has 4 heteroatoms. The van der Waals surface area contributed by atoms with E-state index in [1.165, 1.54) is 32.1 Å². The van der Waals surface area contributed by atoms with E-state index in [0.717, 1.165) is 18.8 Å². The molecule has 2 rings (SSSR count). The molecule has 0 saturated heterocycles. The topological polar surface area (TPSA) is 64.4 Å². The molecule has 2 aliphatic carbocycles. The van der Waals surface area contributed by atoms with Crippen molar-refractivity contribution in [2.75, 3.05) is 6.61 Å². The van der Waals surface area contributed by atoms with Gasteiger partial charge in [0, 0.05) is 24.5 Å². The van der Waals surface area contributed by atoms with E-state index in [4.69, 9.17) is 10.5 Å². The van der Waals surface area contributed by atoms with E-state index in [0.29, 0.717) is 19.1 Å². The Kier molecular flexibility index (Phi) is 6.12. The van der Waals surface area contributed by atoms with Gasteiger partial charge in [-0.2, -0.15) is 0 Å². The number of hydrogen-bond acceptors (Lipinski definition) is 3. The Balaban J connectivity index is 1.82. The number of hydrogen-bond donors (Lipinski definition) is 2. The Bertz CT molecular complexity index is 402. The van der Waals surface area contributed by atoms with Crippen molar-refractivity contribution < 1.29 is 9.53 Å². The van der Waals surface area contributed by atoms with Crippen LogP contribution in [0.1, 0.15) is 79.1 Å². The van der Waals surface area contributed by atoms with Crippen molar-refractivity contribution in [3.05, 3.63) is 0 Å². The summed E-state index contributed by atoms with van der Waals surface area (Å²) in [6, 6.07) is 0.308. The van der Waals surface area contributed by atoms with Crippen molar-refractivity contribution in [2.24, 2.45) is 17.1 Å². The van der Waals surface area contributed by atoms with Crippen molar-refractivity contribution in [3.63, 3.8) is 0 Å². The summed E-state index contributed by atoms with van der Waals surface area (Å²) in [5, 5.41) is 3.24. The predicted molar refractivity (Wildman–Crippen MR) is 94.1 cm³/mol. The number of amides is 1. The quantitative estimate of drug-likeness (QED) is 0.754. The van der Waals surface area contributed by atoms with E-state index >= 15 is 0 Å². The summed E-state index contributed by atoms with van der Waals surface area (Å²) in [4.78, 5) is 12.7. The second-order valence-electron chi connectivity index (χ2n) is 8.17. The van der Waals surface area contributed by atoms with Gasteiger partial charge in [-0.25, -0.2) is 0 Å². The molecule has 2 aliphatic rings. The zero-order valence-corrected chi connectivity index (χ0v) is 15.5. The normalized spacial score (nSPS) is 36.3. The van der Waals surface area contributed by atoms with Crippen LogP contribution >= 0.6 is 0 Å². The third-order valence-electron chi connectivity index (χ3n) is 6.38. The molecule has 0 radical (unpaired) electrons. The summed E-state index contributed by atoms with van der Waals surface area (Å²) in [5.74, 6) is 0.882. The number of ether oxygens (including phenoxy) is 1. The van der Waals surface area contributed by atoms with Crippen LogP contribution < -0.4 is 11.1 Å². The van der Waals surface area contributed by atoms with Crippen LogP contribution in [0.25, 0.3) is 0 Å². The molecule has 0 bridgehead atoms. The summed E-state index contributed by atoms with van der Waals surface area (Å²) in [6.45, 7) is 9.02. The molecule has 4 nitrogen and oxygen atoms in total. The van der Waals surface area contributed by atoms with E-state index in [1.54, 1.807) is 0 Å². The molecule has 0 aromatic heterocycles. The molecule has 2 unspecified atom stereocenters. The zero-order chi connectivity index (χ0) is 17.1. The average Bonchev–Trinajstić information content (AvgIpc) is 2.53. The van der Waals surface area contributed by atoms with Gasteiger partial charge in [0.05, 0.1) is 6.10 Å². The fourth-order valence-electron chi connectivity index (χ4n) is 4.22. The Morgan fingerprint density at radius 3 is 2.39 bits per heavy atom. The number of unbranched alkanes of at least 4 members (excludes halogenated alkanes) is 1. The maximum atomic E-state index is 12.7. The smallest absolute Gasteiger partial charge is 0.241 e. The predicted octanol–water partition coefficient (Wildman–Crippen LogP) is 3.38. The minimum Gasteiger partial charge on any atom is -0.378 e. The summed E-state index contributed by atoms with van der Waals surface area (Å²) in [5.41, 5.74) is 5.38. The fraction of sp³-hybridized carbons (Fsp3) is 0.947. The second kappa shape index (κ2) is 7.52. The number of carbonyl (C=O) groups is 1. The highest BCUT2D eigenvalue weighted by Gasteiger charge is 2.63. The zero-order valence-electron chi connectivity index (χ0n) is 15.5. The molecule has 0 heterocycles. The maximum absolute atomic E-state index is 12.7. The van der Waals surface area contributed by atoms with E-state index in [2.05, 4.69) is 26.1 Å². The Morgan fingerprint density at radius 2 is 1.87 bits per heavy atom. The largest absolute Gasteiger partial charge is 0.378 e. The van der Waals surface area contributed by atoms with Gasteiger partial charge < -0.3 is 15.8 Å². The highest BCUT2D eigenvalue weighted by atomic mass is 16.5. The van der Waals surface area contributed by atoms with Gasteiger partial charge in [0.2, 0.25) is 5.91 Å². The van der Waals surface area contributed by atoms with E-state index in [1.807, 2.05) is 6.92 Å². The molecular weight excluding hydrogens is 288 g/mol. The number of nitrogens with two attached hydrogens (primary N) is 1. The van der Waals surface area contributed by atoms with Crippen LogP contribution in [0.15, 0.2) is 0 Å². The van der Waals surface area contributed by atoms with Crippen LogP contribution in [-0.4, -0.2) is 30.2 Å². The molecule has 2 atom stereocenters. The molecule has 2 fully saturated rings. The lowest BCUT2D eigenvalue weighted by Gasteiger charge is -2.57. The van der Waals surface area contributed by atoms with Crippen molar-refractivity contribution >= 4 is 5.91 Å². The number of rotatable bonds is 7. The molecular formula is C19H36N2O2. The van der Waals surface area contributed by atoms with Crippen molar-refractivity contribution in [1.82, 2.24) is 5.32 Å². The second-order valence-corrected chi connectivity index (χ2v) is 8.17. The van der Waals surface area contributed by atoms with Crippen LogP contribution in [0, 0.1) is 11.3 Å². The van der Waals surface area contributed by atoms with E-state index in [-0.39, 0.29) is 17.4 Å². The van der Waals surface area contributed by atoms with Gasteiger partial charge in [-0.1, -0.05) is 40.0 Å². The Hall–Kier alpha value is -0.610. The first kappa shape index (κ1) is 18.7. The SMILES string of the molecule is CCCCC1CCC(NC(=O)C2(N)CC(OCC)C2(C)C)CC1. The minimum absolute atomic E-state index is 0.0236. The van der Waals surface area contributed by atoms with Crippen LogP contribution in [0.3, 0.4) is 0 Å². The molecule has 0 aromatic rings. The third-order valence-corrected chi connectivity index (χ3v) is 6.38. The standard InChI is InChI=1S/C19H36N2O2/c1-5-7-8-14-9-11-15(12-10-14)21-17(22)19(20)13-16(23-6-2)18(19,3)4/h14-16H,5-13,20H2,1-4H3,(H,21,22). The first-order chi connectivity index (χ1) is 10.8. The van der Waals surface area contributed by atoms with Gasteiger partial charge in [-0.05, 0) is 38.5 Å². The van der Waals surface area contributed by atoms with Crippen molar-refractivity contribution in [2.45, 2.75) is 96.7 Å². The van der Waals surface area contributed by atoms with Crippen LogP contribution in [0.5, 0.6) is 0 Å². The Labute approximate surface area is 141 Å². The van der Waals surface area contributed by atoms with Gasteiger partial charge in [-0.15, -0.1) is 0 Å². The van der Waals surface area contributed by atoms with Crippen molar-refractivity contribution in [3.8, 4) is 0 Å². The Morgan fingerprint density at radius 1 is 1.22 bits per heavy atom. The molecule has 1 amide bonds. The number of carbonyl (C=O) groups excluding carboxylic acids is 1. The first-order valence-corrected chi connectivity index (χ1v) is 9.56. The van der Waals surface area contributed by atoms with Gasteiger partial charge in [-0.3, -0.25) is 4.79 Å². The number of nitrogens with one attached hydrogen (secondary N) is 1. The van der Waals surface area contributed by atoms with Gasteiger partial charge >= 0.3 is 0 Å². The summed E-state index contributed by atoms with van der Waals surface area (Å²) in [6.07, 6.45) is 9.38. The lowest BCUT2D eigenvalue weighted by molar-refractivity contribution is -0.171. The summed E-state index contributed by atoms with van der Waals surface area (Å²) >= 11 is 0. The summed E-state index contributed by atoms with van der Waals surface area (Å²) in [7, 11) is 0. The molecule has 0 aromatic carbocycles. The fourth-order valence-corrected chi connectivity index (χ4v) is 4.22. The van der Waals surface area contributed by atoms with Crippen molar-refractivity contribution in [1.29, 1.82) is 0 Å². The maximum Gasteiger partial charge on any atom is 0.241 e. The lowest BCUT2D eigenvalue weighted by Crippen LogP contribution is -2.76. The summed E-state index contributed by atoms with van der Waals surface area (Å²) < 4.78 is 5.72. The van der Waals surface area contributed by atoms with Crippen LogP contribution in [0.2, 0.25) is 0 Å². The van der Waals surface area contributed by atoms with Crippen LogP contribution in [-0.2, 0) is 9.53 Å². The van der Waals surface area contributed by atoms with Gasteiger partial charge in [0.1, 0.15) is 5.54 Å². The molecule has 0 aliphatic heterocycles. The highest BCUT2D eigenvalue weighted by Crippen LogP contribution is 2.50. The molecule has 0 spiro atoms. The monoisotopic (exact) mass is 324 g/mol. The average molecular weight is 325 g/mol. The minimum atomic E-state index is -0.786. The van der Waals surface area contributed by atoms with Gasteiger partial charge in [0.15, 0.2) is 0 Å². The lowest BCUT2D eigenvalue weighted by atomic mass is 9.54. The molecule has 3 N–H and O–H groups in total. The van der Waals surface area contributed by atoms with Crippen LogP contribution in [0.4, 0.5) is 0 Å². The van der Waals surface area contributed by atoms with E-state index in [9.17, 15) is 4.79 Å².